The lowest BCUT2D eigenvalue weighted by Gasteiger charge is -2.20. The summed E-state index contributed by atoms with van der Waals surface area (Å²) in [7, 11) is 3.90. The highest BCUT2D eigenvalue weighted by molar-refractivity contribution is 7.22. The summed E-state index contributed by atoms with van der Waals surface area (Å²) < 4.78 is 0.898. The second-order valence-electron chi connectivity index (χ2n) is 5.97. The molecule has 128 valence electrons. The summed E-state index contributed by atoms with van der Waals surface area (Å²) >= 11 is 1.42. The van der Waals surface area contributed by atoms with Crippen molar-refractivity contribution in [1.82, 2.24) is 14.9 Å². The molecular formula is C17H17N5O2S. The topological polar surface area (TPSA) is 93.1 Å². The molecule has 0 saturated carbocycles. The van der Waals surface area contributed by atoms with E-state index in [1.807, 2.05) is 31.1 Å². The van der Waals surface area contributed by atoms with Crippen LogP contribution in [0.4, 0.5) is 5.13 Å². The number of carbonyl (C=O) groups excluding carboxylic acids is 1. The van der Waals surface area contributed by atoms with Crippen molar-refractivity contribution in [2.75, 3.05) is 32.1 Å². The number of hydrogen-bond donors (Lipinski definition) is 1. The van der Waals surface area contributed by atoms with Crippen LogP contribution in [0.15, 0.2) is 23.0 Å². The number of amides is 1. The molecule has 1 N–H and O–H groups in total. The number of carbonyl (C=O) groups is 1. The van der Waals surface area contributed by atoms with E-state index in [0.717, 1.165) is 11.2 Å². The second kappa shape index (κ2) is 6.63. The van der Waals surface area contributed by atoms with Crippen LogP contribution < -0.4 is 10.5 Å². The van der Waals surface area contributed by atoms with Gasteiger partial charge in [-0.2, -0.15) is 5.26 Å². The molecule has 0 bridgehead atoms. The van der Waals surface area contributed by atoms with Crippen LogP contribution >= 0.6 is 11.3 Å². The van der Waals surface area contributed by atoms with Crippen LogP contribution in [0.5, 0.6) is 0 Å². The van der Waals surface area contributed by atoms with E-state index in [-0.39, 0.29) is 11.5 Å². The summed E-state index contributed by atoms with van der Waals surface area (Å²) in [6.07, 6.45) is 0. The van der Waals surface area contributed by atoms with Crippen molar-refractivity contribution in [2.24, 2.45) is 0 Å². The first-order chi connectivity index (χ1) is 11.9. The molecule has 3 rings (SSSR count). The average molecular weight is 355 g/mol. The molecule has 1 amide bonds. The van der Waals surface area contributed by atoms with E-state index in [1.54, 1.807) is 17.0 Å². The first-order valence-electron chi connectivity index (χ1n) is 7.70. The number of nitriles is 1. The summed E-state index contributed by atoms with van der Waals surface area (Å²) in [5, 5.41) is 10.4. The molecule has 8 heteroatoms. The van der Waals surface area contributed by atoms with Crippen LogP contribution in [-0.2, 0) is 4.79 Å². The van der Waals surface area contributed by atoms with Gasteiger partial charge in [-0.1, -0.05) is 11.3 Å². The number of nitrogens with one attached hydrogen (secondary N) is 1. The zero-order chi connectivity index (χ0) is 18.1. The van der Waals surface area contributed by atoms with E-state index >= 15 is 0 Å². The number of benzene rings is 1. The maximum absolute atomic E-state index is 12.0. The van der Waals surface area contributed by atoms with E-state index in [1.165, 1.54) is 18.3 Å². The molecule has 0 aliphatic carbocycles. The molecule has 7 nitrogen and oxygen atoms in total. The van der Waals surface area contributed by atoms with Gasteiger partial charge in [0.25, 0.3) is 5.56 Å². The van der Waals surface area contributed by atoms with Crippen molar-refractivity contribution in [3.63, 3.8) is 0 Å². The van der Waals surface area contributed by atoms with Gasteiger partial charge in [0.2, 0.25) is 5.91 Å². The number of likely N-dealkylation sites (N-methyl/N-ethyl adjacent to an activating group) is 1. The molecule has 0 saturated heterocycles. The molecule has 0 aliphatic heterocycles. The van der Waals surface area contributed by atoms with Crippen LogP contribution in [0.2, 0.25) is 0 Å². The summed E-state index contributed by atoms with van der Waals surface area (Å²) in [6, 6.07) is 7.11. The molecule has 0 spiro atoms. The monoisotopic (exact) mass is 355 g/mol. The van der Waals surface area contributed by atoms with Gasteiger partial charge in [-0.05, 0) is 32.3 Å². The first kappa shape index (κ1) is 17.1. The Bertz CT molecular complexity index is 1060. The quantitative estimate of drug-likeness (QED) is 0.772. The van der Waals surface area contributed by atoms with Gasteiger partial charge >= 0.3 is 0 Å². The van der Waals surface area contributed by atoms with Gasteiger partial charge in [0.1, 0.15) is 11.6 Å². The van der Waals surface area contributed by atoms with Gasteiger partial charge in [-0.15, -0.1) is 0 Å². The van der Waals surface area contributed by atoms with Crippen molar-refractivity contribution in [3.05, 3.63) is 34.1 Å². The zero-order valence-electron chi connectivity index (χ0n) is 14.2. The molecule has 0 unspecified atom stereocenters. The van der Waals surface area contributed by atoms with Crippen LogP contribution in [0, 0.1) is 11.3 Å². The molecule has 3 aromatic rings. The van der Waals surface area contributed by atoms with Gasteiger partial charge in [-0.3, -0.25) is 14.5 Å². The lowest BCUT2D eigenvalue weighted by atomic mass is 10.1. The molecule has 0 aliphatic rings. The number of hydrogen-bond acceptors (Lipinski definition) is 6. The molecule has 2 heterocycles. The van der Waals surface area contributed by atoms with Gasteiger partial charge in [0, 0.05) is 25.4 Å². The number of nitrogens with zero attached hydrogens (tertiary/aromatic N) is 4. The number of aromatic nitrogens is 2. The van der Waals surface area contributed by atoms with Gasteiger partial charge in [-0.25, -0.2) is 4.98 Å². The predicted octanol–water partition coefficient (Wildman–Crippen LogP) is 1.92. The molecular weight excluding hydrogens is 338 g/mol. The summed E-state index contributed by atoms with van der Waals surface area (Å²) in [4.78, 5) is 34.8. The SMILES string of the molecule is CC(=O)N(CCN(C)C)c1nc2c(ccc3[nH]c(=O)c(C#N)cc32)s1. The van der Waals surface area contributed by atoms with E-state index in [9.17, 15) is 9.59 Å². The summed E-state index contributed by atoms with van der Waals surface area (Å²) in [5.74, 6) is -0.0728. The number of rotatable bonds is 4. The minimum Gasteiger partial charge on any atom is -0.321 e. The third kappa shape index (κ3) is 3.24. The lowest BCUT2D eigenvalue weighted by Crippen LogP contribution is -2.35. The van der Waals surface area contributed by atoms with Crippen molar-refractivity contribution in [2.45, 2.75) is 6.92 Å². The van der Waals surface area contributed by atoms with Crippen molar-refractivity contribution < 1.29 is 4.79 Å². The standard InChI is InChI=1S/C17H17N5O2S/c1-10(23)22(7-6-21(2)3)17-20-15-12-8-11(9-18)16(24)19-13(12)4-5-14(15)25-17/h4-5,8H,6-7H2,1-3H3,(H,19,24). The van der Waals surface area contributed by atoms with E-state index in [0.29, 0.717) is 28.1 Å². The molecule has 25 heavy (non-hydrogen) atoms. The van der Waals surface area contributed by atoms with Crippen LogP contribution in [0.3, 0.4) is 0 Å². The maximum atomic E-state index is 12.0. The van der Waals surface area contributed by atoms with E-state index in [4.69, 9.17) is 5.26 Å². The Morgan fingerprint density at radius 2 is 2.12 bits per heavy atom. The van der Waals surface area contributed by atoms with Crippen molar-refractivity contribution in [3.8, 4) is 6.07 Å². The Morgan fingerprint density at radius 3 is 2.76 bits per heavy atom. The average Bonchev–Trinajstić information content (AvgIpc) is 2.97. The molecule has 1 aromatic carbocycles. The maximum Gasteiger partial charge on any atom is 0.266 e. The highest BCUT2D eigenvalue weighted by Crippen LogP contribution is 2.33. The molecule has 0 radical (unpaired) electrons. The fraction of sp³-hybridized carbons (Fsp3) is 0.294. The minimum absolute atomic E-state index is 0.0468. The van der Waals surface area contributed by atoms with Gasteiger partial charge in [0.15, 0.2) is 5.13 Å². The molecule has 2 aromatic heterocycles. The Labute approximate surface area is 148 Å². The lowest BCUT2D eigenvalue weighted by molar-refractivity contribution is -0.116. The Balaban J connectivity index is 2.15. The predicted molar refractivity (Wildman–Crippen MR) is 99.0 cm³/mol. The number of anilines is 1. The second-order valence-corrected chi connectivity index (χ2v) is 6.98. The van der Waals surface area contributed by atoms with Crippen molar-refractivity contribution >= 4 is 43.5 Å². The van der Waals surface area contributed by atoms with E-state index < -0.39 is 5.56 Å². The fourth-order valence-electron chi connectivity index (χ4n) is 2.54. The fourth-order valence-corrected chi connectivity index (χ4v) is 3.60. The van der Waals surface area contributed by atoms with Crippen LogP contribution in [0.25, 0.3) is 21.1 Å². The number of H-pyrrole nitrogens is 1. The van der Waals surface area contributed by atoms with Gasteiger partial charge in [0.05, 0.1) is 15.7 Å². The van der Waals surface area contributed by atoms with Crippen LogP contribution in [-0.4, -0.2) is 48.0 Å². The highest BCUT2D eigenvalue weighted by Gasteiger charge is 2.18. The summed E-state index contributed by atoms with van der Waals surface area (Å²) in [6.45, 7) is 2.79. The first-order valence-corrected chi connectivity index (χ1v) is 8.52. The Kier molecular flexibility index (Phi) is 4.53. The number of pyridine rings is 1. The van der Waals surface area contributed by atoms with Gasteiger partial charge < -0.3 is 9.88 Å². The molecule has 0 fully saturated rings. The number of fused-ring (bicyclic) bond motifs is 3. The largest absolute Gasteiger partial charge is 0.321 e. The summed E-state index contributed by atoms with van der Waals surface area (Å²) in [5.41, 5.74) is 0.934. The third-order valence-electron chi connectivity index (χ3n) is 3.87. The number of aromatic amines is 1. The Morgan fingerprint density at radius 1 is 1.36 bits per heavy atom. The highest BCUT2D eigenvalue weighted by atomic mass is 32.1. The smallest absolute Gasteiger partial charge is 0.266 e. The minimum atomic E-state index is -0.416. The third-order valence-corrected chi connectivity index (χ3v) is 4.92. The van der Waals surface area contributed by atoms with Crippen LogP contribution in [0.1, 0.15) is 12.5 Å². The zero-order valence-corrected chi connectivity index (χ0v) is 15.0. The Hall–Kier alpha value is -2.76. The number of thiazole rings is 1. The van der Waals surface area contributed by atoms with Crippen molar-refractivity contribution in [1.29, 1.82) is 5.26 Å². The normalized spacial score (nSPS) is 11.2. The molecule has 0 atom stereocenters. The van der Waals surface area contributed by atoms with E-state index in [2.05, 4.69) is 9.97 Å².